The quantitative estimate of drug-likeness (QED) is 0.759. The molecule has 0 bridgehead atoms. The standard InChI is InChI=1S/C17H23N3O4/c1-22-12-17(16(19)21)6-3-7-20(17)8-9-24-14-5-4-13(11-18)10-15(14)23-2/h4-5,10H,3,6-9,12H2,1-2H3,(H2,19,21). The van der Waals surface area contributed by atoms with Crippen LogP contribution in [0, 0.1) is 11.3 Å². The first-order valence-electron chi connectivity index (χ1n) is 7.82. The molecule has 0 spiro atoms. The number of likely N-dealkylation sites (tertiary alicyclic amines) is 1. The molecule has 24 heavy (non-hydrogen) atoms. The molecule has 2 rings (SSSR count). The van der Waals surface area contributed by atoms with E-state index in [1.165, 1.54) is 7.11 Å². The molecule has 0 radical (unpaired) electrons. The van der Waals surface area contributed by atoms with Crippen molar-refractivity contribution in [1.82, 2.24) is 4.90 Å². The topological polar surface area (TPSA) is 97.8 Å². The van der Waals surface area contributed by atoms with E-state index >= 15 is 0 Å². The van der Waals surface area contributed by atoms with Gasteiger partial charge < -0.3 is 19.9 Å². The number of nitrogens with two attached hydrogens (primary N) is 1. The Hall–Kier alpha value is -2.30. The van der Waals surface area contributed by atoms with E-state index < -0.39 is 5.54 Å². The van der Waals surface area contributed by atoms with Crippen LogP contribution in [0.4, 0.5) is 0 Å². The Morgan fingerprint density at radius 2 is 2.21 bits per heavy atom. The van der Waals surface area contributed by atoms with Crippen molar-refractivity contribution in [2.75, 3.05) is 40.5 Å². The molecule has 1 atom stereocenters. The monoisotopic (exact) mass is 333 g/mol. The van der Waals surface area contributed by atoms with Crippen molar-refractivity contribution >= 4 is 5.91 Å². The first kappa shape index (κ1) is 18.0. The number of amides is 1. The first-order chi connectivity index (χ1) is 11.6. The number of carbonyl (C=O) groups excluding carboxylic acids is 1. The van der Waals surface area contributed by atoms with E-state index in [0.717, 1.165) is 13.0 Å². The van der Waals surface area contributed by atoms with E-state index in [0.29, 0.717) is 36.6 Å². The van der Waals surface area contributed by atoms with Crippen LogP contribution in [0.5, 0.6) is 11.5 Å². The fourth-order valence-electron chi connectivity index (χ4n) is 3.13. The summed E-state index contributed by atoms with van der Waals surface area (Å²) in [4.78, 5) is 14.0. The Labute approximate surface area is 141 Å². The normalized spacial score (nSPS) is 20.5. The summed E-state index contributed by atoms with van der Waals surface area (Å²) in [7, 11) is 3.10. The van der Waals surface area contributed by atoms with Crippen LogP contribution in [0.2, 0.25) is 0 Å². The summed E-state index contributed by atoms with van der Waals surface area (Å²) in [5, 5.41) is 8.92. The molecule has 1 aliphatic heterocycles. The van der Waals surface area contributed by atoms with Gasteiger partial charge >= 0.3 is 0 Å². The Bertz CT molecular complexity index is 629. The van der Waals surface area contributed by atoms with Crippen molar-refractivity contribution in [3.63, 3.8) is 0 Å². The number of ether oxygens (including phenoxy) is 3. The molecule has 1 unspecified atom stereocenters. The predicted molar refractivity (Wildman–Crippen MR) is 87.8 cm³/mol. The van der Waals surface area contributed by atoms with E-state index in [1.54, 1.807) is 25.3 Å². The highest BCUT2D eigenvalue weighted by atomic mass is 16.5. The minimum atomic E-state index is -0.757. The van der Waals surface area contributed by atoms with Gasteiger partial charge in [0.05, 0.1) is 25.3 Å². The minimum Gasteiger partial charge on any atom is -0.493 e. The summed E-state index contributed by atoms with van der Waals surface area (Å²) in [6.45, 7) is 1.99. The van der Waals surface area contributed by atoms with E-state index in [1.807, 2.05) is 4.90 Å². The number of primary amides is 1. The third-order valence-corrected chi connectivity index (χ3v) is 4.38. The second-order valence-electron chi connectivity index (χ2n) is 5.75. The minimum absolute atomic E-state index is 0.280. The predicted octanol–water partition coefficient (Wildman–Crippen LogP) is 0.912. The molecule has 1 aromatic rings. The highest BCUT2D eigenvalue weighted by Crippen LogP contribution is 2.30. The van der Waals surface area contributed by atoms with Gasteiger partial charge in [0.25, 0.3) is 0 Å². The van der Waals surface area contributed by atoms with Gasteiger partial charge in [-0.05, 0) is 31.5 Å². The molecule has 7 nitrogen and oxygen atoms in total. The van der Waals surface area contributed by atoms with Gasteiger partial charge in [-0.2, -0.15) is 5.26 Å². The maximum atomic E-state index is 11.9. The number of hydrogen-bond acceptors (Lipinski definition) is 6. The highest BCUT2D eigenvalue weighted by Gasteiger charge is 2.46. The molecule has 1 fully saturated rings. The Morgan fingerprint density at radius 3 is 2.83 bits per heavy atom. The number of nitrogens with zero attached hydrogens (tertiary/aromatic N) is 2. The van der Waals surface area contributed by atoms with Crippen LogP contribution in [0.3, 0.4) is 0 Å². The molecule has 1 aliphatic rings. The second-order valence-corrected chi connectivity index (χ2v) is 5.75. The molecule has 1 saturated heterocycles. The van der Waals surface area contributed by atoms with E-state index in [4.69, 9.17) is 25.2 Å². The lowest BCUT2D eigenvalue weighted by Gasteiger charge is -2.35. The fourth-order valence-corrected chi connectivity index (χ4v) is 3.13. The molecule has 7 heteroatoms. The van der Waals surface area contributed by atoms with Crippen LogP contribution in [0.1, 0.15) is 18.4 Å². The van der Waals surface area contributed by atoms with Crippen LogP contribution in [0.15, 0.2) is 18.2 Å². The van der Waals surface area contributed by atoms with Gasteiger partial charge in [-0.25, -0.2) is 0 Å². The van der Waals surface area contributed by atoms with Crippen LogP contribution in [-0.4, -0.2) is 56.9 Å². The maximum Gasteiger partial charge on any atom is 0.240 e. The molecule has 1 heterocycles. The fraction of sp³-hybridized carbons (Fsp3) is 0.529. The van der Waals surface area contributed by atoms with E-state index in [9.17, 15) is 4.79 Å². The van der Waals surface area contributed by atoms with Gasteiger partial charge in [-0.3, -0.25) is 9.69 Å². The molecule has 0 saturated carbocycles. The lowest BCUT2D eigenvalue weighted by molar-refractivity contribution is -0.132. The zero-order valence-corrected chi connectivity index (χ0v) is 14.1. The largest absolute Gasteiger partial charge is 0.493 e. The van der Waals surface area contributed by atoms with Crippen molar-refractivity contribution in [2.45, 2.75) is 18.4 Å². The van der Waals surface area contributed by atoms with Crippen LogP contribution in [-0.2, 0) is 9.53 Å². The van der Waals surface area contributed by atoms with Crippen molar-refractivity contribution in [2.24, 2.45) is 5.73 Å². The molecular formula is C17H23N3O4. The summed E-state index contributed by atoms with van der Waals surface area (Å²) in [5.74, 6) is 0.707. The third kappa shape index (κ3) is 3.61. The summed E-state index contributed by atoms with van der Waals surface area (Å²) >= 11 is 0. The third-order valence-electron chi connectivity index (χ3n) is 4.38. The van der Waals surface area contributed by atoms with Crippen molar-refractivity contribution in [3.05, 3.63) is 23.8 Å². The van der Waals surface area contributed by atoms with Crippen molar-refractivity contribution in [3.8, 4) is 17.6 Å². The molecule has 2 N–H and O–H groups in total. The molecule has 0 aromatic heterocycles. The Morgan fingerprint density at radius 1 is 1.42 bits per heavy atom. The van der Waals surface area contributed by atoms with Crippen LogP contribution < -0.4 is 15.2 Å². The summed E-state index contributed by atoms with van der Waals surface area (Å²) in [6, 6.07) is 7.07. The van der Waals surface area contributed by atoms with Gasteiger partial charge in [-0.15, -0.1) is 0 Å². The molecule has 0 aliphatic carbocycles. The number of methoxy groups -OCH3 is 2. The molecule has 1 amide bonds. The van der Waals surface area contributed by atoms with Gasteiger partial charge in [0.15, 0.2) is 11.5 Å². The van der Waals surface area contributed by atoms with Crippen molar-refractivity contribution in [1.29, 1.82) is 5.26 Å². The smallest absolute Gasteiger partial charge is 0.240 e. The van der Waals surface area contributed by atoms with Crippen LogP contribution in [0.25, 0.3) is 0 Å². The Balaban J connectivity index is 2.01. The number of nitriles is 1. The number of rotatable bonds is 8. The number of hydrogen-bond donors (Lipinski definition) is 1. The average molecular weight is 333 g/mol. The molecule has 1 aromatic carbocycles. The van der Waals surface area contributed by atoms with Gasteiger partial charge in [0.2, 0.25) is 5.91 Å². The summed E-state index contributed by atoms with van der Waals surface area (Å²) < 4.78 is 16.2. The zero-order chi connectivity index (χ0) is 17.6. The first-order valence-corrected chi connectivity index (χ1v) is 7.82. The maximum absolute atomic E-state index is 11.9. The SMILES string of the molecule is COCC1(C(N)=O)CCCN1CCOc1ccc(C#N)cc1OC. The Kier molecular flexibility index (Phi) is 6.01. The van der Waals surface area contributed by atoms with Gasteiger partial charge in [0, 0.05) is 19.7 Å². The van der Waals surface area contributed by atoms with Crippen LogP contribution >= 0.6 is 0 Å². The highest BCUT2D eigenvalue weighted by molar-refractivity contribution is 5.85. The van der Waals surface area contributed by atoms with Gasteiger partial charge in [0.1, 0.15) is 12.1 Å². The van der Waals surface area contributed by atoms with E-state index in [-0.39, 0.29) is 12.5 Å². The number of benzene rings is 1. The zero-order valence-electron chi connectivity index (χ0n) is 14.1. The number of carbonyl (C=O) groups is 1. The molecule has 130 valence electrons. The van der Waals surface area contributed by atoms with Crippen molar-refractivity contribution < 1.29 is 19.0 Å². The molecular weight excluding hydrogens is 310 g/mol. The average Bonchev–Trinajstić information content (AvgIpc) is 2.99. The lowest BCUT2D eigenvalue weighted by Crippen LogP contribution is -2.57. The lowest BCUT2D eigenvalue weighted by atomic mass is 9.96. The summed E-state index contributed by atoms with van der Waals surface area (Å²) in [5.41, 5.74) is 5.37. The summed E-state index contributed by atoms with van der Waals surface area (Å²) in [6.07, 6.45) is 1.59. The van der Waals surface area contributed by atoms with E-state index in [2.05, 4.69) is 6.07 Å². The second kappa shape index (κ2) is 7.99. The van der Waals surface area contributed by atoms with Gasteiger partial charge in [-0.1, -0.05) is 0 Å².